The van der Waals surface area contributed by atoms with Crippen molar-refractivity contribution < 1.29 is 33.8 Å². The summed E-state index contributed by atoms with van der Waals surface area (Å²) in [4.78, 5) is 61.2. The minimum Gasteiger partial charge on any atom is -0.460 e. The molecule has 2 bridgehead atoms. The molecule has 5 rings (SSSR count). The molecule has 3 amide bonds. The Labute approximate surface area is 301 Å². The van der Waals surface area contributed by atoms with Gasteiger partial charge in [0, 0.05) is 37.4 Å². The summed E-state index contributed by atoms with van der Waals surface area (Å²) in [5.41, 5.74) is 1.26. The van der Waals surface area contributed by atoms with E-state index in [0.29, 0.717) is 31.4 Å². The van der Waals surface area contributed by atoms with Gasteiger partial charge in [-0.25, -0.2) is 0 Å². The molecule has 3 saturated heterocycles. The van der Waals surface area contributed by atoms with Crippen molar-refractivity contribution in [3.63, 3.8) is 0 Å². The van der Waals surface area contributed by atoms with Crippen LogP contribution in [0.3, 0.4) is 0 Å². The molecule has 0 aliphatic carbocycles. The Morgan fingerprint density at radius 2 is 1.76 bits per heavy atom. The van der Waals surface area contributed by atoms with Crippen LogP contribution in [0.25, 0.3) is 0 Å². The Hall–Kier alpha value is -4.48. The van der Waals surface area contributed by atoms with Crippen molar-refractivity contribution in [1.82, 2.24) is 10.2 Å². The third kappa shape index (κ3) is 7.60. The summed E-state index contributed by atoms with van der Waals surface area (Å²) in [5, 5.41) is 13.6. The Kier molecular flexibility index (Phi) is 12.4. The monoisotopic (exact) mass is 700 g/mol. The SMILES string of the molecule is C=CCCC(=O)NC[C@@H](C)OC(=O)[C@@H]1[C@H]2C(=O)N([C@@H](CO)Cc3ccccc3)[C@H](C(=O)N(CC=C)c3ccc(N(CC)CC)cc3)[C@]23CC[C@H]1O3. The number of carbonyl (C=O) groups excluding carboxylic acids is 4. The number of likely N-dealkylation sites (tertiary alicyclic amines) is 1. The molecular formula is C40H52N4O7. The fourth-order valence-electron chi connectivity index (χ4n) is 8.10. The second-order valence-electron chi connectivity index (χ2n) is 13.6. The summed E-state index contributed by atoms with van der Waals surface area (Å²) in [6, 6.07) is 15.4. The number of nitrogens with one attached hydrogen (secondary N) is 1. The number of anilines is 2. The number of ether oxygens (including phenoxy) is 2. The van der Waals surface area contributed by atoms with Gasteiger partial charge in [0.15, 0.2) is 0 Å². The molecule has 274 valence electrons. The van der Waals surface area contributed by atoms with E-state index in [-0.39, 0.29) is 31.3 Å². The molecule has 51 heavy (non-hydrogen) atoms. The van der Waals surface area contributed by atoms with Crippen LogP contribution in [0.15, 0.2) is 79.9 Å². The Balaban J connectivity index is 1.48. The van der Waals surface area contributed by atoms with Gasteiger partial charge < -0.3 is 34.6 Å². The van der Waals surface area contributed by atoms with Crippen LogP contribution in [-0.4, -0.2) is 96.4 Å². The largest absolute Gasteiger partial charge is 0.460 e. The summed E-state index contributed by atoms with van der Waals surface area (Å²) >= 11 is 0. The van der Waals surface area contributed by atoms with Gasteiger partial charge in [0.1, 0.15) is 17.7 Å². The molecule has 0 aromatic heterocycles. The van der Waals surface area contributed by atoms with Crippen LogP contribution in [0.1, 0.15) is 52.0 Å². The third-order valence-electron chi connectivity index (χ3n) is 10.5. The van der Waals surface area contributed by atoms with Crippen molar-refractivity contribution in [2.45, 2.75) is 82.8 Å². The lowest BCUT2D eigenvalue weighted by Gasteiger charge is -2.39. The van der Waals surface area contributed by atoms with Crippen molar-refractivity contribution in [1.29, 1.82) is 0 Å². The van der Waals surface area contributed by atoms with Crippen molar-refractivity contribution in [2.24, 2.45) is 11.8 Å². The maximum atomic E-state index is 15.0. The number of amides is 3. The van der Waals surface area contributed by atoms with Gasteiger partial charge in [-0.15, -0.1) is 13.2 Å². The molecule has 3 aliphatic rings. The molecule has 3 heterocycles. The average molecular weight is 701 g/mol. The van der Waals surface area contributed by atoms with Crippen molar-refractivity contribution in [3.8, 4) is 0 Å². The Morgan fingerprint density at radius 1 is 1.08 bits per heavy atom. The number of hydrogen-bond donors (Lipinski definition) is 2. The lowest BCUT2D eigenvalue weighted by Crippen LogP contribution is -2.59. The molecule has 2 N–H and O–H groups in total. The number of nitrogens with zero attached hydrogens (tertiary/aromatic N) is 3. The zero-order valence-electron chi connectivity index (χ0n) is 30.0. The van der Waals surface area contributed by atoms with Gasteiger partial charge in [0.05, 0.1) is 37.1 Å². The van der Waals surface area contributed by atoms with E-state index in [1.54, 1.807) is 24.0 Å². The van der Waals surface area contributed by atoms with Crippen LogP contribution in [-0.2, 0) is 35.1 Å². The fraction of sp³-hybridized carbons (Fsp3) is 0.500. The molecule has 0 saturated carbocycles. The number of aliphatic hydroxyl groups excluding tert-OH is 1. The predicted molar refractivity (Wildman–Crippen MR) is 196 cm³/mol. The molecule has 11 nitrogen and oxygen atoms in total. The maximum absolute atomic E-state index is 15.0. The second kappa shape index (κ2) is 16.7. The Morgan fingerprint density at radius 3 is 2.39 bits per heavy atom. The number of rotatable bonds is 18. The van der Waals surface area contributed by atoms with E-state index in [2.05, 4.69) is 37.2 Å². The molecule has 3 fully saturated rings. The second-order valence-corrected chi connectivity index (χ2v) is 13.6. The normalized spacial score (nSPS) is 24.4. The van der Waals surface area contributed by atoms with Crippen molar-refractivity contribution in [3.05, 3.63) is 85.5 Å². The third-order valence-corrected chi connectivity index (χ3v) is 10.5. The molecule has 11 heteroatoms. The first kappa shape index (κ1) is 37.8. The quantitative estimate of drug-likeness (QED) is 0.176. The standard InChI is InChI=1S/C40H52N4O7/c1-6-10-16-33(46)41-25-27(5)50-39(49)34-32-21-22-40(51-32)35(34)37(47)44(31(26-45)24-28-14-12-11-13-15-28)36(40)38(48)43(23-7-2)30-19-17-29(18-20-30)42(8-3)9-4/h6-7,11-15,17-20,27,31-32,34-36,45H,1-2,8-10,16,21-26H2,3-5H3,(H,41,46)/t27-,31-,32-,34+,35+,36-,40+/m1/s1. The molecule has 2 aromatic carbocycles. The van der Waals surface area contributed by atoms with Gasteiger partial charge in [-0.1, -0.05) is 42.5 Å². The number of benzene rings is 2. The first-order valence-electron chi connectivity index (χ1n) is 18.1. The molecule has 3 aliphatic heterocycles. The molecule has 1 spiro atoms. The summed E-state index contributed by atoms with van der Waals surface area (Å²) in [6.45, 7) is 15.0. The highest BCUT2D eigenvalue weighted by molar-refractivity contribution is 6.05. The predicted octanol–water partition coefficient (Wildman–Crippen LogP) is 4.04. The summed E-state index contributed by atoms with van der Waals surface area (Å²) in [7, 11) is 0. The van der Waals surface area contributed by atoms with E-state index in [1.807, 2.05) is 54.6 Å². The molecule has 0 radical (unpaired) electrons. The van der Waals surface area contributed by atoms with E-state index >= 15 is 4.79 Å². The van der Waals surface area contributed by atoms with Crippen molar-refractivity contribution in [2.75, 3.05) is 42.6 Å². The van der Waals surface area contributed by atoms with E-state index in [9.17, 15) is 19.5 Å². The molecule has 2 aromatic rings. The summed E-state index contributed by atoms with van der Waals surface area (Å²) in [6.07, 6.45) is 4.02. The van der Waals surface area contributed by atoms with E-state index < -0.39 is 60.2 Å². The highest BCUT2D eigenvalue weighted by atomic mass is 16.6. The van der Waals surface area contributed by atoms with Gasteiger partial charge >= 0.3 is 5.97 Å². The first-order chi connectivity index (χ1) is 24.6. The van der Waals surface area contributed by atoms with E-state index in [4.69, 9.17) is 9.47 Å². The lowest BCUT2D eigenvalue weighted by molar-refractivity contribution is -0.159. The van der Waals surface area contributed by atoms with Crippen LogP contribution in [0, 0.1) is 11.8 Å². The van der Waals surface area contributed by atoms with Crippen LogP contribution in [0.5, 0.6) is 0 Å². The fourth-order valence-corrected chi connectivity index (χ4v) is 8.10. The van der Waals surface area contributed by atoms with Gasteiger partial charge in [-0.05, 0) is 76.3 Å². The van der Waals surface area contributed by atoms with Crippen LogP contribution < -0.4 is 15.1 Å². The zero-order valence-corrected chi connectivity index (χ0v) is 30.0. The maximum Gasteiger partial charge on any atom is 0.312 e. The average Bonchev–Trinajstić information content (AvgIpc) is 3.79. The minimum atomic E-state index is -1.30. The van der Waals surface area contributed by atoms with E-state index in [0.717, 1.165) is 24.3 Å². The number of hydrogen-bond acceptors (Lipinski definition) is 8. The van der Waals surface area contributed by atoms with Gasteiger partial charge in [-0.3, -0.25) is 19.2 Å². The summed E-state index contributed by atoms with van der Waals surface area (Å²) in [5.74, 6) is -3.47. The molecular weight excluding hydrogens is 648 g/mol. The molecule has 0 unspecified atom stereocenters. The highest BCUT2D eigenvalue weighted by Gasteiger charge is 2.75. The first-order valence-corrected chi connectivity index (χ1v) is 18.1. The van der Waals surface area contributed by atoms with Crippen molar-refractivity contribution >= 4 is 35.1 Å². The smallest absolute Gasteiger partial charge is 0.312 e. The topological polar surface area (TPSA) is 129 Å². The Bertz CT molecular complexity index is 1560. The number of allylic oxidation sites excluding steroid dienone is 1. The van der Waals surface area contributed by atoms with Crippen LogP contribution in [0.4, 0.5) is 11.4 Å². The van der Waals surface area contributed by atoms with Gasteiger partial charge in [0.2, 0.25) is 11.8 Å². The summed E-state index contributed by atoms with van der Waals surface area (Å²) < 4.78 is 12.5. The number of fused-ring (bicyclic) bond motifs is 1. The van der Waals surface area contributed by atoms with Crippen LogP contribution >= 0.6 is 0 Å². The molecule has 7 atom stereocenters. The lowest BCUT2D eigenvalue weighted by atomic mass is 9.70. The zero-order chi connectivity index (χ0) is 36.7. The van der Waals surface area contributed by atoms with Gasteiger partial charge in [-0.2, -0.15) is 0 Å². The van der Waals surface area contributed by atoms with E-state index in [1.165, 1.54) is 4.90 Å². The number of carbonyl (C=O) groups is 4. The minimum absolute atomic E-state index is 0.115. The van der Waals surface area contributed by atoms with Gasteiger partial charge in [0.25, 0.3) is 5.91 Å². The number of aliphatic hydroxyl groups is 1. The highest BCUT2D eigenvalue weighted by Crippen LogP contribution is 2.59. The number of esters is 1. The van der Waals surface area contributed by atoms with Crippen LogP contribution in [0.2, 0.25) is 0 Å².